The van der Waals surface area contributed by atoms with Crippen molar-refractivity contribution in [1.82, 2.24) is 19.7 Å². The number of rotatable bonds is 5. The zero-order valence-electron chi connectivity index (χ0n) is 21.9. The summed E-state index contributed by atoms with van der Waals surface area (Å²) in [5.41, 5.74) is 7.43. The zero-order valence-corrected chi connectivity index (χ0v) is 24.2. The SMILES string of the molecule is CC(C)(C)C1CN(C(c2ccc(Cl)cc2)c2ccc(Br)cn2)CCN1C(=O)CC1CCN(C(N)=O)CC1. The molecule has 2 fully saturated rings. The molecule has 9 heteroatoms. The fourth-order valence-corrected chi connectivity index (χ4v) is 5.92. The monoisotopic (exact) mass is 589 g/mol. The van der Waals surface area contributed by atoms with Crippen molar-refractivity contribution >= 4 is 39.5 Å². The Labute approximate surface area is 233 Å². The summed E-state index contributed by atoms with van der Waals surface area (Å²) in [4.78, 5) is 36.0. The fraction of sp³-hybridized carbons (Fsp3) is 0.536. The largest absolute Gasteiger partial charge is 0.351 e. The van der Waals surface area contributed by atoms with Crippen molar-refractivity contribution in [3.8, 4) is 0 Å². The second-order valence-electron chi connectivity index (χ2n) is 11.3. The van der Waals surface area contributed by atoms with Crippen LogP contribution in [0.25, 0.3) is 0 Å². The second-order valence-corrected chi connectivity index (χ2v) is 12.6. The molecule has 2 aliphatic rings. The number of pyridine rings is 1. The summed E-state index contributed by atoms with van der Waals surface area (Å²) in [5.74, 6) is 0.498. The molecule has 3 heterocycles. The molecule has 4 rings (SSSR count). The van der Waals surface area contributed by atoms with Crippen LogP contribution in [0.1, 0.15) is 57.3 Å². The third-order valence-electron chi connectivity index (χ3n) is 7.70. The molecular weight excluding hydrogens is 554 g/mol. The number of piperidine rings is 1. The van der Waals surface area contributed by atoms with E-state index in [0.29, 0.717) is 31.1 Å². The predicted molar refractivity (Wildman–Crippen MR) is 150 cm³/mol. The lowest BCUT2D eigenvalue weighted by Crippen LogP contribution is -2.60. The van der Waals surface area contributed by atoms with Crippen LogP contribution >= 0.6 is 27.5 Å². The van der Waals surface area contributed by atoms with Gasteiger partial charge in [0.1, 0.15) is 0 Å². The van der Waals surface area contributed by atoms with Gasteiger partial charge < -0.3 is 15.5 Å². The molecule has 3 amide bonds. The molecule has 0 spiro atoms. The zero-order chi connectivity index (χ0) is 26.7. The minimum atomic E-state index is -0.371. The van der Waals surface area contributed by atoms with Gasteiger partial charge >= 0.3 is 6.03 Å². The van der Waals surface area contributed by atoms with E-state index >= 15 is 0 Å². The molecule has 0 saturated carbocycles. The van der Waals surface area contributed by atoms with Crippen molar-refractivity contribution in [2.24, 2.45) is 17.1 Å². The highest BCUT2D eigenvalue weighted by atomic mass is 79.9. The van der Waals surface area contributed by atoms with E-state index in [2.05, 4.69) is 64.7 Å². The van der Waals surface area contributed by atoms with Crippen molar-refractivity contribution in [2.45, 2.75) is 52.1 Å². The van der Waals surface area contributed by atoms with Gasteiger partial charge in [-0.2, -0.15) is 0 Å². The number of carbonyl (C=O) groups is 2. The summed E-state index contributed by atoms with van der Waals surface area (Å²) in [5, 5.41) is 0.705. The Morgan fingerprint density at radius 1 is 1.08 bits per heavy atom. The molecule has 0 radical (unpaired) electrons. The molecule has 2 aliphatic heterocycles. The molecular formula is C28H37BrClN5O2. The van der Waals surface area contributed by atoms with Crippen LogP contribution in [-0.2, 0) is 4.79 Å². The van der Waals surface area contributed by atoms with Crippen LogP contribution in [0.15, 0.2) is 47.1 Å². The number of carbonyl (C=O) groups excluding carboxylic acids is 2. The maximum absolute atomic E-state index is 13.6. The molecule has 0 bridgehead atoms. The van der Waals surface area contributed by atoms with Gasteiger partial charge in [0.15, 0.2) is 0 Å². The summed E-state index contributed by atoms with van der Waals surface area (Å²) in [7, 11) is 0. The van der Waals surface area contributed by atoms with Crippen LogP contribution in [0.4, 0.5) is 4.79 Å². The van der Waals surface area contributed by atoms with Gasteiger partial charge in [-0.1, -0.05) is 44.5 Å². The van der Waals surface area contributed by atoms with E-state index in [1.54, 1.807) is 4.90 Å². The number of nitrogens with zero attached hydrogens (tertiary/aromatic N) is 4. The second kappa shape index (κ2) is 11.7. The molecule has 7 nitrogen and oxygen atoms in total. The van der Waals surface area contributed by atoms with E-state index in [0.717, 1.165) is 41.7 Å². The molecule has 1 aromatic carbocycles. The molecule has 1 aromatic heterocycles. The lowest BCUT2D eigenvalue weighted by molar-refractivity contribution is -0.141. The number of likely N-dealkylation sites (tertiary alicyclic amines) is 1. The van der Waals surface area contributed by atoms with Gasteiger partial charge in [0.25, 0.3) is 0 Å². The quantitative estimate of drug-likeness (QED) is 0.511. The van der Waals surface area contributed by atoms with Gasteiger partial charge in [0.2, 0.25) is 5.91 Å². The first-order valence-electron chi connectivity index (χ1n) is 13.0. The average Bonchev–Trinajstić information content (AvgIpc) is 2.86. The van der Waals surface area contributed by atoms with E-state index in [9.17, 15) is 9.59 Å². The third-order valence-corrected chi connectivity index (χ3v) is 8.42. The number of nitrogens with two attached hydrogens (primary N) is 1. The number of primary amides is 1. The molecule has 2 N–H and O–H groups in total. The topological polar surface area (TPSA) is 82.8 Å². The van der Waals surface area contributed by atoms with Gasteiger partial charge in [0, 0.05) is 60.9 Å². The first-order chi connectivity index (χ1) is 17.5. The first kappa shape index (κ1) is 27.9. The lowest BCUT2D eigenvalue weighted by atomic mass is 9.82. The number of hydrogen-bond donors (Lipinski definition) is 1. The number of amides is 3. The van der Waals surface area contributed by atoms with Crippen molar-refractivity contribution in [2.75, 3.05) is 32.7 Å². The summed E-state index contributed by atoms with van der Waals surface area (Å²) in [6, 6.07) is 11.7. The highest BCUT2D eigenvalue weighted by Crippen LogP contribution is 2.36. The smallest absolute Gasteiger partial charge is 0.314 e. The molecule has 37 heavy (non-hydrogen) atoms. The molecule has 0 aliphatic carbocycles. The Balaban J connectivity index is 1.53. The fourth-order valence-electron chi connectivity index (χ4n) is 5.56. The number of piperazine rings is 1. The Bertz CT molecular complexity index is 1040. The highest BCUT2D eigenvalue weighted by molar-refractivity contribution is 9.10. The van der Waals surface area contributed by atoms with Crippen LogP contribution in [0.2, 0.25) is 5.02 Å². The Morgan fingerprint density at radius 2 is 1.76 bits per heavy atom. The molecule has 200 valence electrons. The van der Waals surface area contributed by atoms with Gasteiger partial charge in [-0.3, -0.25) is 14.7 Å². The Morgan fingerprint density at radius 3 is 2.32 bits per heavy atom. The minimum Gasteiger partial charge on any atom is -0.351 e. The van der Waals surface area contributed by atoms with E-state index in [1.165, 1.54) is 0 Å². The number of halogens is 2. The van der Waals surface area contributed by atoms with Crippen LogP contribution in [-0.4, -0.2) is 70.4 Å². The normalized spacial score (nSPS) is 20.6. The number of urea groups is 1. The van der Waals surface area contributed by atoms with Gasteiger partial charge in [-0.25, -0.2) is 4.79 Å². The Kier molecular flexibility index (Phi) is 8.81. The maximum Gasteiger partial charge on any atom is 0.314 e. The van der Waals surface area contributed by atoms with Crippen molar-refractivity contribution in [3.63, 3.8) is 0 Å². The van der Waals surface area contributed by atoms with E-state index in [1.807, 2.05) is 24.4 Å². The van der Waals surface area contributed by atoms with E-state index in [4.69, 9.17) is 22.3 Å². The summed E-state index contributed by atoms with van der Waals surface area (Å²) < 4.78 is 0.941. The number of aromatic nitrogens is 1. The standard InChI is InChI=1S/C28H37BrClN5O2/c1-28(2,3)24-18-34(14-15-35(24)25(36)16-19-10-12-33(13-11-19)27(31)37)26(20-4-7-22(30)8-5-20)23-9-6-21(29)17-32-23/h4-9,17,19,24,26H,10-16,18H2,1-3H3,(H2,31,37). The van der Waals surface area contributed by atoms with Gasteiger partial charge in [-0.05, 0) is 69.9 Å². The lowest BCUT2D eigenvalue weighted by Gasteiger charge is -2.49. The summed E-state index contributed by atoms with van der Waals surface area (Å²) in [6.07, 6.45) is 4.00. The van der Waals surface area contributed by atoms with E-state index < -0.39 is 0 Å². The molecule has 2 saturated heterocycles. The predicted octanol–water partition coefficient (Wildman–Crippen LogP) is 5.33. The molecule has 2 atom stereocenters. The maximum atomic E-state index is 13.6. The first-order valence-corrected chi connectivity index (χ1v) is 14.1. The van der Waals surface area contributed by atoms with Crippen LogP contribution < -0.4 is 5.73 Å². The molecule has 2 aromatic rings. The van der Waals surface area contributed by atoms with Gasteiger partial charge in [-0.15, -0.1) is 0 Å². The number of hydrogen-bond acceptors (Lipinski definition) is 4. The van der Waals surface area contributed by atoms with Crippen molar-refractivity contribution in [3.05, 3.63) is 63.3 Å². The minimum absolute atomic E-state index is 0.0365. The summed E-state index contributed by atoms with van der Waals surface area (Å²) >= 11 is 9.71. The van der Waals surface area contributed by atoms with Crippen molar-refractivity contribution < 1.29 is 9.59 Å². The van der Waals surface area contributed by atoms with Gasteiger partial charge in [0.05, 0.1) is 11.7 Å². The third kappa shape index (κ3) is 6.84. The Hall–Kier alpha value is -2.16. The summed E-state index contributed by atoms with van der Waals surface area (Å²) in [6.45, 7) is 10.1. The van der Waals surface area contributed by atoms with Crippen molar-refractivity contribution in [1.29, 1.82) is 0 Å². The van der Waals surface area contributed by atoms with E-state index in [-0.39, 0.29) is 35.4 Å². The average molecular weight is 591 g/mol. The van der Waals surface area contributed by atoms with Crippen LogP contribution in [0.3, 0.4) is 0 Å². The van der Waals surface area contributed by atoms with Crippen LogP contribution in [0.5, 0.6) is 0 Å². The number of benzene rings is 1. The van der Waals surface area contributed by atoms with Crippen LogP contribution in [0, 0.1) is 11.3 Å². The highest BCUT2D eigenvalue weighted by Gasteiger charge is 2.41. The molecule has 2 unspecified atom stereocenters.